The Hall–Kier alpha value is -1.57. The monoisotopic (exact) mass is 368 g/mol. The zero-order valence-electron chi connectivity index (χ0n) is 10.9. The molecule has 98 valence electrons. The van der Waals surface area contributed by atoms with Gasteiger partial charge in [-0.05, 0) is 35.6 Å². The average Bonchev–Trinajstić information content (AvgIpc) is 2.94. The van der Waals surface area contributed by atoms with Gasteiger partial charge in [-0.25, -0.2) is 4.52 Å². The summed E-state index contributed by atoms with van der Waals surface area (Å²) in [5.74, 6) is 0.825. The van der Waals surface area contributed by atoms with Crippen LogP contribution in [-0.2, 0) is 7.05 Å². The van der Waals surface area contributed by atoms with Crippen LogP contribution in [0.1, 0.15) is 5.69 Å². The molecule has 19 heavy (non-hydrogen) atoms. The summed E-state index contributed by atoms with van der Waals surface area (Å²) in [6, 6.07) is 2.02. The first-order valence-corrected chi connectivity index (χ1v) is 6.89. The number of halogens is 1. The van der Waals surface area contributed by atoms with Crippen molar-refractivity contribution in [3.63, 3.8) is 0 Å². The van der Waals surface area contributed by atoms with Crippen molar-refractivity contribution in [2.75, 3.05) is 7.11 Å². The van der Waals surface area contributed by atoms with Crippen molar-refractivity contribution < 1.29 is 4.74 Å². The molecule has 0 fully saturated rings. The van der Waals surface area contributed by atoms with Crippen molar-refractivity contribution in [2.24, 2.45) is 7.05 Å². The second-order valence-corrected chi connectivity index (χ2v) is 5.47. The van der Waals surface area contributed by atoms with Crippen LogP contribution in [0.15, 0.2) is 24.7 Å². The molecule has 5 nitrogen and oxygen atoms in total. The number of aryl methyl sites for hydroxylation is 2. The lowest BCUT2D eigenvalue weighted by molar-refractivity contribution is 0.417. The molecule has 3 rings (SSSR count). The Morgan fingerprint density at radius 3 is 2.68 bits per heavy atom. The smallest absolute Gasteiger partial charge is 0.146 e. The van der Waals surface area contributed by atoms with Crippen LogP contribution in [0.5, 0.6) is 5.75 Å². The first-order chi connectivity index (χ1) is 9.10. The quantitative estimate of drug-likeness (QED) is 0.654. The highest BCUT2D eigenvalue weighted by molar-refractivity contribution is 14.1. The minimum atomic E-state index is 0.825. The van der Waals surface area contributed by atoms with E-state index in [-0.39, 0.29) is 0 Å². The van der Waals surface area contributed by atoms with E-state index in [0.717, 1.165) is 31.7 Å². The highest BCUT2D eigenvalue weighted by Gasteiger charge is 2.14. The summed E-state index contributed by atoms with van der Waals surface area (Å²) in [6.07, 6.45) is 5.81. The van der Waals surface area contributed by atoms with Gasteiger partial charge in [0.25, 0.3) is 0 Å². The largest absolute Gasteiger partial charge is 0.494 e. The number of methoxy groups -OCH3 is 1. The summed E-state index contributed by atoms with van der Waals surface area (Å²) in [4.78, 5) is 0. The molecule has 0 spiro atoms. The molecule has 3 aromatic rings. The number of rotatable bonds is 2. The Kier molecular flexibility index (Phi) is 2.96. The van der Waals surface area contributed by atoms with Gasteiger partial charge < -0.3 is 4.74 Å². The molecule has 0 N–H and O–H groups in total. The van der Waals surface area contributed by atoms with Crippen LogP contribution in [0.4, 0.5) is 0 Å². The molecule has 0 aromatic carbocycles. The zero-order chi connectivity index (χ0) is 13.6. The number of ether oxygens (including phenoxy) is 1. The standard InChI is InChI=1S/C13H13IN4O/c1-8-12(14)13-11(19-3)4-9(7-18(13)16-8)10-5-15-17(2)6-10/h4-7H,1-3H3. The average molecular weight is 368 g/mol. The van der Waals surface area contributed by atoms with Crippen LogP contribution >= 0.6 is 22.6 Å². The van der Waals surface area contributed by atoms with Crippen molar-refractivity contribution in [1.29, 1.82) is 0 Å². The van der Waals surface area contributed by atoms with Crippen molar-refractivity contribution in [2.45, 2.75) is 6.92 Å². The Morgan fingerprint density at radius 1 is 1.26 bits per heavy atom. The highest BCUT2D eigenvalue weighted by Crippen LogP contribution is 2.31. The zero-order valence-corrected chi connectivity index (χ0v) is 13.0. The molecule has 0 bridgehead atoms. The van der Waals surface area contributed by atoms with Crippen molar-refractivity contribution in [3.05, 3.63) is 33.9 Å². The number of hydrogen-bond donors (Lipinski definition) is 0. The van der Waals surface area contributed by atoms with Crippen molar-refractivity contribution >= 4 is 28.1 Å². The van der Waals surface area contributed by atoms with Crippen LogP contribution < -0.4 is 4.74 Å². The molecule has 0 unspecified atom stereocenters. The van der Waals surface area contributed by atoms with Crippen molar-refractivity contribution in [3.8, 4) is 16.9 Å². The van der Waals surface area contributed by atoms with E-state index < -0.39 is 0 Å². The maximum Gasteiger partial charge on any atom is 0.146 e. The van der Waals surface area contributed by atoms with Gasteiger partial charge in [0.05, 0.1) is 22.6 Å². The van der Waals surface area contributed by atoms with Gasteiger partial charge in [0, 0.05) is 30.6 Å². The van der Waals surface area contributed by atoms with E-state index >= 15 is 0 Å². The number of hydrogen-bond acceptors (Lipinski definition) is 3. The van der Waals surface area contributed by atoms with E-state index in [1.165, 1.54) is 0 Å². The summed E-state index contributed by atoms with van der Waals surface area (Å²) < 4.78 is 10.3. The maximum atomic E-state index is 5.50. The fourth-order valence-corrected chi connectivity index (χ4v) is 2.73. The van der Waals surface area contributed by atoms with Gasteiger partial charge >= 0.3 is 0 Å². The third-order valence-corrected chi connectivity index (χ3v) is 4.34. The van der Waals surface area contributed by atoms with Crippen LogP contribution in [-0.4, -0.2) is 26.5 Å². The van der Waals surface area contributed by atoms with E-state index in [1.54, 1.807) is 11.8 Å². The predicted octanol–water partition coefficient (Wildman–Crippen LogP) is 2.66. The lowest BCUT2D eigenvalue weighted by Crippen LogP contribution is -1.93. The number of aromatic nitrogens is 4. The lowest BCUT2D eigenvalue weighted by atomic mass is 10.1. The third kappa shape index (κ3) is 1.99. The minimum Gasteiger partial charge on any atom is -0.494 e. The second-order valence-electron chi connectivity index (χ2n) is 4.39. The number of fused-ring (bicyclic) bond motifs is 1. The Balaban J connectivity index is 2.28. The van der Waals surface area contributed by atoms with E-state index in [9.17, 15) is 0 Å². The first kappa shape index (κ1) is 12.5. The van der Waals surface area contributed by atoms with Gasteiger partial charge in [-0.1, -0.05) is 0 Å². The molecule has 0 amide bonds. The summed E-state index contributed by atoms with van der Waals surface area (Å²) in [7, 11) is 3.58. The molecule has 6 heteroatoms. The Morgan fingerprint density at radius 2 is 2.05 bits per heavy atom. The summed E-state index contributed by atoms with van der Waals surface area (Å²) in [5.41, 5.74) is 4.10. The van der Waals surface area contributed by atoms with Crippen molar-refractivity contribution in [1.82, 2.24) is 19.4 Å². The third-order valence-electron chi connectivity index (χ3n) is 3.05. The van der Waals surface area contributed by atoms with Crippen LogP contribution in [0.2, 0.25) is 0 Å². The van der Waals surface area contributed by atoms with Gasteiger partial charge in [0.15, 0.2) is 0 Å². The van der Waals surface area contributed by atoms with Crippen LogP contribution in [0.3, 0.4) is 0 Å². The van der Waals surface area contributed by atoms with Gasteiger partial charge in [-0.2, -0.15) is 10.2 Å². The molecule has 0 saturated heterocycles. The fraction of sp³-hybridized carbons (Fsp3) is 0.231. The molecular formula is C13H13IN4O. The summed E-state index contributed by atoms with van der Waals surface area (Å²) in [6.45, 7) is 2.00. The van der Waals surface area contributed by atoms with E-state index in [1.807, 2.05) is 43.1 Å². The predicted molar refractivity (Wildman–Crippen MR) is 81.4 cm³/mol. The second kappa shape index (κ2) is 4.52. The molecule has 0 aliphatic carbocycles. The molecule has 0 saturated carbocycles. The first-order valence-electron chi connectivity index (χ1n) is 5.81. The minimum absolute atomic E-state index is 0.825. The SMILES string of the molecule is COc1cc(-c2cnn(C)c2)cn2nc(C)c(I)c12. The van der Waals surface area contributed by atoms with Gasteiger partial charge in [-0.15, -0.1) is 0 Å². The van der Waals surface area contributed by atoms with E-state index in [0.29, 0.717) is 0 Å². The van der Waals surface area contributed by atoms with Gasteiger partial charge in [0.1, 0.15) is 11.3 Å². The van der Waals surface area contributed by atoms with Gasteiger partial charge in [-0.3, -0.25) is 4.68 Å². The molecule has 3 heterocycles. The van der Waals surface area contributed by atoms with Gasteiger partial charge in [0.2, 0.25) is 0 Å². The Labute approximate surface area is 124 Å². The molecule has 0 atom stereocenters. The van der Waals surface area contributed by atoms with E-state index in [2.05, 4.69) is 32.8 Å². The molecule has 0 aliphatic rings. The number of pyridine rings is 1. The molecule has 0 aliphatic heterocycles. The number of nitrogens with zero attached hydrogens (tertiary/aromatic N) is 4. The fourth-order valence-electron chi connectivity index (χ4n) is 2.10. The lowest BCUT2D eigenvalue weighted by Gasteiger charge is -2.06. The Bertz CT molecular complexity index is 759. The maximum absolute atomic E-state index is 5.50. The topological polar surface area (TPSA) is 44.4 Å². The molecule has 0 radical (unpaired) electrons. The summed E-state index contributed by atoms with van der Waals surface area (Å²) in [5, 5.41) is 8.71. The molecular weight excluding hydrogens is 355 g/mol. The normalized spacial score (nSPS) is 11.2. The van der Waals surface area contributed by atoms with E-state index in [4.69, 9.17) is 4.74 Å². The van der Waals surface area contributed by atoms with Crippen LogP contribution in [0, 0.1) is 10.5 Å². The highest BCUT2D eigenvalue weighted by atomic mass is 127. The van der Waals surface area contributed by atoms with Crippen LogP contribution in [0.25, 0.3) is 16.6 Å². The molecule has 3 aromatic heterocycles. The summed E-state index contributed by atoms with van der Waals surface area (Å²) >= 11 is 2.30.